The Morgan fingerprint density at radius 2 is 2.03 bits per heavy atom. The van der Waals surface area contributed by atoms with Crippen LogP contribution in [0, 0.1) is 5.92 Å². The van der Waals surface area contributed by atoms with Crippen LogP contribution in [0.15, 0.2) is 43.0 Å². The fourth-order valence-electron chi connectivity index (χ4n) is 3.88. The van der Waals surface area contributed by atoms with Gasteiger partial charge in [0.2, 0.25) is 6.41 Å². The largest absolute Gasteiger partial charge is 0.461 e. The Bertz CT molecular complexity index is 705. The molecule has 1 saturated heterocycles. The number of cyclic esters (lactones) is 1. The lowest BCUT2D eigenvalue weighted by atomic mass is 9.86. The molecule has 0 saturated carbocycles. The normalized spacial score (nSPS) is 19.5. The van der Waals surface area contributed by atoms with E-state index in [2.05, 4.69) is 18.8 Å². The lowest BCUT2D eigenvalue weighted by Gasteiger charge is -2.37. The standard InChI is InChI=1S/C25H35NO5/c1-3-5-7-11-15-21-23(31-24(21)28)17-20(14-6-4-2)30-25(29)22(26-18-27)16-19-12-9-8-10-13-19/h4,8-10,12-13,18,20-23H,2-3,5-7,11,14-17H2,1H3,(H,26,27)/t20?,21-,22?,23-/m0/s1. The highest BCUT2D eigenvalue weighted by Crippen LogP contribution is 2.32. The first-order valence-electron chi connectivity index (χ1n) is 11.3. The molecule has 1 aliphatic rings. The Kier molecular flexibility index (Phi) is 10.8. The van der Waals surface area contributed by atoms with Crippen LogP contribution in [0.1, 0.15) is 63.9 Å². The van der Waals surface area contributed by atoms with E-state index < -0.39 is 18.1 Å². The number of hydrogen-bond acceptors (Lipinski definition) is 5. The third kappa shape index (κ3) is 8.19. The molecule has 0 aromatic heterocycles. The third-order valence-electron chi connectivity index (χ3n) is 5.69. The van der Waals surface area contributed by atoms with E-state index in [0.717, 1.165) is 31.2 Å². The fourth-order valence-corrected chi connectivity index (χ4v) is 3.88. The number of unbranched alkanes of at least 4 members (excludes halogenated alkanes) is 3. The molecule has 2 rings (SSSR count). The van der Waals surface area contributed by atoms with Crippen LogP contribution >= 0.6 is 0 Å². The third-order valence-corrected chi connectivity index (χ3v) is 5.69. The Labute approximate surface area is 185 Å². The minimum atomic E-state index is -0.764. The molecule has 1 aromatic carbocycles. The molecule has 1 amide bonds. The number of benzene rings is 1. The quantitative estimate of drug-likeness (QED) is 0.185. The van der Waals surface area contributed by atoms with Crippen LogP contribution in [0.25, 0.3) is 0 Å². The Morgan fingerprint density at radius 3 is 2.68 bits per heavy atom. The van der Waals surface area contributed by atoms with E-state index in [1.807, 2.05) is 30.3 Å². The Balaban J connectivity index is 1.95. The molecular weight excluding hydrogens is 394 g/mol. The number of allylic oxidation sites excluding steroid dienone is 1. The van der Waals surface area contributed by atoms with Crippen molar-refractivity contribution >= 4 is 18.3 Å². The van der Waals surface area contributed by atoms with Crippen molar-refractivity contribution in [1.82, 2.24) is 5.32 Å². The maximum Gasteiger partial charge on any atom is 0.329 e. The van der Waals surface area contributed by atoms with E-state index >= 15 is 0 Å². The van der Waals surface area contributed by atoms with Crippen molar-refractivity contribution in [2.75, 3.05) is 0 Å². The van der Waals surface area contributed by atoms with Crippen LogP contribution in [0.3, 0.4) is 0 Å². The van der Waals surface area contributed by atoms with Crippen LogP contribution in [-0.2, 0) is 30.3 Å². The first-order valence-corrected chi connectivity index (χ1v) is 11.3. The number of rotatable bonds is 16. The second-order valence-electron chi connectivity index (χ2n) is 8.12. The molecule has 4 atom stereocenters. The second kappa shape index (κ2) is 13.6. The van der Waals surface area contributed by atoms with Crippen molar-refractivity contribution in [3.05, 3.63) is 48.6 Å². The van der Waals surface area contributed by atoms with Gasteiger partial charge in [-0.1, -0.05) is 69.0 Å². The predicted octanol–water partition coefficient (Wildman–Crippen LogP) is 4.12. The molecule has 6 heteroatoms. The van der Waals surface area contributed by atoms with Crippen molar-refractivity contribution in [1.29, 1.82) is 0 Å². The maximum absolute atomic E-state index is 12.8. The molecule has 31 heavy (non-hydrogen) atoms. The molecule has 2 unspecified atom stereocenters. The monoisotopic (exact) mass is 429 g/mol. The first-order chi connectivity index (χ1) is 15.1. The van der Waals surface area contributed by atoms with E-state index in [1.165, 1.54) is 6.42 Å². The average Bonchev–Trinajstić information content (AvgIpc) is 2.77. The average molecular weight is 430 g/mol. The van der Waals surface area contributed by atoms with Gasteiger partial charge < -0.3 is 14.8 Å². The Hall–Kier alpha value is -2.63. The van der Waals surface area contributed by atoms with Gasteiger partial charge in [-0.15, -0.1) is 6.58 Å². The van der Waals surface area contributed by atoms with E-state index in [0.29, 0.717) is 32.1 Å². The summed E-state index contributed by atoms with van der Waals surface area (Å²) in [5.74, 6) is -0.745. The summed E-state index contributed by atoms with van der Waals surface area (Å²) in [5.41, 5.74) is 0.932. The smallest absolute Gasteiger partial charge is 0.329 e. The number of carbonyl (C=O) groups excluding carboxylic acids is 3. The van der Waals surface area contributed by atoms with Crippen molar-refractivity contribution in [2.45, 2.75) is 83.0 Å². The van der Waals surface area contributed by atoms with Crippen LogP contribution in [0.5, 0.6) is 0 Å². The van der Waals surface area contributed by atoms with Crippen molar-refractivity contribution in [3.8, 4) is 0 Å². The van der Waals surface area contributed by atoms with Gasteiger partial charge in [-0.25, -0.2) is 4.79 Å². The van der Waals surface area contributed by atoms with Crippen LogP contribution < -0.4 is 5.32 Å². The van der Waals surface area contributed by atoms with E-state index in [9.17, 15) is 14.4 Å². The highest BCUT2D eigenvalue weighted by Gasteiger charge is 2.43. The topological polar surface area (TPSA) is 81.7 Å². The van der Waals surface area contributed by atoms with Gasteiger partial charge in [0.05, 0.1) is 5.92 Å². The van der Waals surface area contributed by atoms with Gasteiger partial charge in [-0.05, 0) is 24.8 Å². The first kappa shape index (κ1) is 24.6. The van der Waals surface area contributed by atoms with E-state index in [4.69, 9.17) is 9.47 Å². The summed E-state index contributed by atoms with van der Waals surface area (Å²) in [6.45, 7) is 5.90. The fraction of sp³-hybridized carbons (Fsp3) is 0.560. The molecule has 170 valence electrons. The second-order valence-corrected chi connectivity index (χ2v) is 8.12. The summed E-state index contributed by atoms with van der Waals surface area (Å²) < 4.78 is 11.1. The van der Waals surface area contributed by atoms with Crippen molar-refractivity contribution in [3.63, 3.8) is 0 Å². The molecular formula is C25H35NO5. The van der Waals surface area contributed by atoms with Gasteiger partial charge in [-0.3, -0.25) is 9.59 Å². The van der Waals surface area contributed by atoms with Gasteiger partial charge in [0.15, 0.2) is 0 Å². The molecule has 1 N–H and O–H groups in total. The summed E-state index contributed by atoms with van der Waals surface area (Å²) in [6.07, 6.45) is 9.05. The van der Waals surface area contributed by atoms with E-state index in [-0.39, 0.29) is 18.0 Å². The number of hydrogen-bond donors (Lipinski definition) is 1. The summed E-state index contributed by atoms with van der Waals surface area (Å²) in [7, 11) is 0. The zero-order chi connectivity index (χ0) is 22.5. The molecule has 0 radical (unpaired) electrons. The minimum Gasteiger partial charge on any atom is -0.461 e. The summed E-state index contributed by atoms with van der Waals surface area (Å²) in [4.78, 5) is 35.8. The molecule has 0 bridgehead atoms. The summed E-state index contributed by atoms with van der Waals surface area (Å²) in [5, 5.41) is 2.57. The number of carbonyl (C=O) groups is 3. The lowest BCUT2D eigenvalue weighted by Crippen LogP contribution is -2.48. The number of ether oxygens (including phenoxy) is 2. The lowest BCUT2D eigenvalue weighted by molar-refractivity contribution is -0.190. The summed E-state index contributed by atoms with van der Waals surface area (Å²) in [6, 6.07) is 8.71. The Morgan fingerprint density at radius 1 is 1.26 bits per heavy atom. The summed E-state index contributed by atoms with van der Waals surface area (Å²) >= 11 is 0. The molecule has 1 aliphatic heterocycles. The van der Waals surface area contributed by atoms with Gasteiger partial charge in [0.25, 0.3) is 0 Å². The number of esters is 2. The van der Waals surface area contributed by atoms with Crippen molar-refractivity contribution < 1.29 is 23.9 Å². The van der Waals surface area contributed by atoms with Gasteiger partial charge in [0.1, 0.15) is 18.2 Å². The number of nitrogens with one attached hydrogen (secondary N) is 1. The van der Waals surface area contributed by atoms with Crippen molar-refractivity contribution in [2.24, 2.45) is 5.92 Å². The highest BCUT2D eigenvalue weighted by molar-refractivity contribution is 5.79. The van der Waals surface area contributed by atoms with Crippen LogP contribution in [0.4, 0.5) is 0 Å². The molecule has 1 heterocycles. The molecule has 0 aliphatic carbocycles. The molecule has 1 fully saturated rings. The zero-order valence-electron chi connectivity index (χ0n) is 18.5. The van der Waals surface area contributed by atoms with Crippen LogP contribution in [-0.4, -0.2) is 36.6 Å². The molecule has 6 nitrogen and oxygen atoms in total. The SMILES string of the molecule is C=CCCC(C[C@@H]1OC(=O)[C@H]1CCCCCC)OC(=O)C(Cc1ccccc1)NC=O. The molecule has 0 spiro atoms. The minimum absolute atomic E-state index is 0.116. The predicted molar refractivity (Wildman–Crippen MR) is 119 cm³/mol. The number of amides is 1. The maximum atomic E-state index is 12.8. The van der Waals surface area contributed by atoms with Gasteiger partial charge in [0, 0.05) is 12.8 Å². The zero-order valence-corrected chi connectivity index (χ0v) is 18.5. The van der Waals surface area contributed by atoms with Gasteiger partial charge in [-0.2, -0.15) is 0 Å². The van der Waals surface area contributed by atoms with Crippen LogP contribution in [0.2, 0.25) is 0 Å². The van der Waals surface area contributed by atoms with E-state index in [1.54, 1.807) is 6.08 Å². The molecule has 1 aromatic rings. The highest BCUT2D eigenvalue weighted by atomic mass is 16.6. The van der Waals surface area contributed by atoms with Gasteiger partial charge >= 0.3 is 11.9 Å².